The number of hydrogen-bond donors (Lipinski definition) is 1. The van der Waals surface area contributed by atoms with Gasteiger partial charge in [0.15, 0.2) is 0 Å². The van der Waals surface area contributed by atoms with Crippen molar-refractivity contribution in [3.8, 4) is 0 Å². The summed E-state index contributed by atoms with van der Waals surface area (Å²) in [5.41, 5.74) is -0.0484. The van der Waals surface area contributed by atoms with Crippen LogP contribution in [0.4, 0.5) is 4.79 Å². The Morgan fingerprint density at radius 1 is 1.37 bits per heavy atom. The molecule has 1 heterocycles. The summed E-state index contributed by atoms with van der Waals surface area (Å²) in [6.45, 7) is 8.24. The van der Waals surface area contributed by atoms with E-state index in [1.165, 1.54) is 4.90 Å². The summed E-state index contributed by atoms with van der Waals surface area (Å²) in [6.07, 6.45) is 0. The number of carboxylic acid groups (broad SMARTS) is 1. The zero-order valence-corrected chi connectivity index (χ0v) is 12.5. The molecule has 0 aromatic rings. The van der Waals surface area contributed by atoms with Crippen molar-refractivity contribution in [1.82, 2.24) is 14.7 Å². The Hall–Kier alpha value is -1.30. The third-order valence-corrected chi connectivity index (χ3v) is 3.88. The Labute approximate surface area is 115 Å². The number of hydrogen-bond acceptors (Lipinski definition) is 3. The number of amides is 2. The summed E-state index contributed by atoms with van der Waals surface area (Å²) in [5.74, 6) is -1.42. The van der Waals surface area contributed by atoms with Crippen LogP contribution >= 0.6 is 0 Å². The van der Waals surface area contributed by atoms with E-state index in [2.05, 4.69) is 25.8 Å². The average Bonchev–Trinajstić information content (AvgIpc) is 2.31. The third-order valence-electron chi connectivity index (χ3n) is 3.88. The van der Waals surface area contributed by atoms with Crippen LogP contribution in [0.3, 0.4) is 0 Å². The SMILES string of the molecule is CC(CN(C)C(=O)N1CCN(C)C(C)(C)C1)C(=O)O. The van der Waals surface area contributed by atoms with Gasteiger partial charge in [-0.05, 0) is 20.9 Å². The van der Waals surface area contributed by atoms with Crippen molar-refractivity contribution in [3.05, 3.63) is 0 Å². The van der Waals surface area contributed by atoms with Gasteiger partial charge in [0.2, 0.25) is 0 Å². The van der Waals surface area contributed by atoms with Gasteiger partial charge in [-0.15, -0.1) is 0 Å². The molecule has 19 heavy (non-hydrogen) atoms. The maximum Gasteiger partial charge on any atom is 0.319 e. The van der Waals surface area contributed by atoms with E-state index in [9.17, 15) is 9.59 Å². The lowest BCUT2D eigenvalue weighted by Crippen LogP contribution is -2.60. The van der Waals surface area contributed by atoms with E-state index >= 15 is 0 Å². The van der Waals surface area contributed by atoms with Crippen LogP contribution in [-0.2, 0) is 4.79 Å². The first-order valence-corrected chi connectivity index (χ1v) is 6.59. The quantitative estimate of drug-likeness (QED) is 0.824. The summed E-state index contributed by atoms with van der Waals surface area (Å²) in [6, 6.07) is -0.0886. The van der Waals surface area contributed by atoms with E-state index in [1.54, 1.807) is 18.9 Å². The van der Waals surface area contributed by atoms with Gasteiger partial charge in [-0.2, -0.15) is 0 Å². The van der Waals surface area contributed by atoms with Crippen molar-refractivity contribution < 1.29 is 14.7 Å². The highest BCUT2D eigenvalue weighted by atomic mass is 16.4. The van der Waals surface area contributed by atoms with Gasteiger partial charge in [0.05, 0.1) is 5.92 Å². The number of carboxylic acids is 1. The first-order valence-electron chi connectivity index (χ1n) is 6.59. The minimum Gasteiger partial charge on any atom is -0.481 e. The molecular formula is C13H25N3O3. The molecule has 6 nitrogen and oxygen atoms in total. The Balaban J connectivity index is 2.60. The minimum absolute atomic E-state index is 0.0484. The van der Waals surface area contributed by atoms with Gasteiger partial charge in [-0.25, -0.2) is 4.79 Å². The largest absolute Gasteiger partial charge is 0.481 e. The molecule has 1 fully saturated rings. The highest BCUT2D eigenvalue weighted by molar-refractivity contribution is 5.76. The smallest absolute Gasteiger partial charge is 0.319 e. The van der Waals surface area contributed by atoms with Crippen molar-refractivity contribution in [2.75, 3.05) is 40.3 Å². The van der Waals surface area contributed by atoms with Gasteiger partial charge >= 0.3 is 12.0 Å². The highest BCUT2D eigenvalue weighted by Gasteiger charge is 2.34. The van der Waals surface area contributed by atoms with E-state index in [-0.39, 0.29) is 18.1 Å². The van der Waals surface area contributed by atoms with Crippen LogP contribution in [-0.4, -0.2) is 77.6 Å². The van der Waals surface area contributed by atoms with Gasteiger partial charge in [-0.1, -0.05) is 6.92 Å². The second-order valence-corrected chi connectivity index (χ2v) is 6.06. The Morgan fingerprint density at radius 3 is 2.42 bits per heavy atom. The summed E-state index contributed by atoms with van der Waals surface area (Å²) < 4.78 is 0. The molecule has 0 bridgehead atoms. The number of urea groups is 1. The maximum atomic E-state index is 12.3. The molecule has 0 saturated carbocycles. The normalized spacial score (nSPS) is 21.0. The highest BCUT2D eigenvalue weighted by Crippen LogP contribution is 2.19. The van der Waals surface area contributed by atoms with E-state index in [0.29, 0.717) is 13.1 Å². The van der Waals surface area contributed by atoms with Gasteiger partial charge in [0.1, 0.15) is 0 Å². The molecule has 0 aromatic carbocycles. The van der Waals surface area contributed by atoms with Crippen LogP contribution < -0.4 is 0 Å². The number of nitrogens with zero attached hydrogens (tertiary/aromatic N) is 3. The molecule has 1 saturated heterocycles. The monoisotopic (exact) mass is 271 g/mol. The van der Waals surface area contributed by atoms with Crippen LogP contribution in [0.15, 0.2) is 0 Å². The fourth-order valence-corrected chi connectivity index (χ4v) is 2.21. The standard InChI is InChI=1S/C13H25N3O3/c1-10(11(17)18)8-14(4)12(19)16-7-6-15(5)13(2,3)9-16/h10H,6-9H2,1-5H3,(H,17,18). The number of rotatable bonds is 3. The minimum atomic E-state index is -0.877. The molecule has 0 aliphatic carbocycles. The fraction of sp³-hybridized carbons (Fsp3) is 0.846. The summed E-state index contributed by atoms with van der Waals surface area (Å²) in [7, 11) is 3.71. The fourth-order valence-electron chi connectivity index (χ4n) is 2.21. The zero-order valence-electron chi connectivity index (χ0n) is 12.5. The second kappa shape index (κ2) is 5.77. The van der Waals surface area contributed by atoms with E-state index in [4.69, 9.17) is 5.11 Å². The predicted octanol–water partition coefficient (Wildman–Crippen LogP) is 0.785. The lowest BCUT2D eigenvalue weighted by atomic mass is 10.00. The van der Waals surface area contributed by atoms with Crippen molar-refractivity contribution in [2.24, 2.45) is 5.92 Å². The van der Waals surface area contributed by atoms with Crippen LogP contribution in [0, 0.1) is 5.92 Å². The summed E-state index contributed by atoms with van der Waals surface area (Å²) >= 11 is 0. The molecule has 6 heteroatoms. The zero-order chi connectivity index (χ0) is 14.8. The molecule has 1 N–H and O–H groups in total. The first kappa shape index (κ1) is 15.8. The molecule has 1 aliphatic heterocycles. The predicted molar refractivity (Wildman–Crippen MR) is 73.1 cm³/mol. The van der Waals surface area contributed by atoms with Crippen LogP contribution in [0.25, 0.3) is 0 Å². The first-order chi connectivity index (χ1) is 8.65. The molecule has 1 aliphatic rings. The number of piperazine rings is 1. The molecule has 1 rings (SSSR count). The Bertz CT molecular complexity index is 357. The van der Waals surface area contributed by atoms with Crippen LogP contribution in [0.2, 0.25) is 0 Å². The molecule has 0 radical (unpaired) electrons. The number of likely N-dealkylation sites (N-methyl/N-ethyl adjacent to an activating group) is 1. The number of aliphatic carboxylic acids is 1. The van der Waals surface area contributed by atoms with Gasteiger partial charge < -0.3 is 14.9 Å². The van der Waals surface area contributed by atoms with Crippen molar-refractivity contribution in [2.45, 2.75) is 26.3 Å². The molecule has 0 spiro atoms. The van der Waals surface area contributed by atoms with E-state index in [1.807, 2.05) is 0 Å². The molecule has 2 amide bonds. The van der Waals surface area contributed by atoms with Crippen LogP contribution in [0.1, 0.15) is 20.8 Å². The molecule has 1 atom stereocenters. The Kier molecular flexibility index (Phi) is 4.79. The number of carbonyl (C=O) groups is 2. The lowest BCUT2D eigenvalue weighted by molar-refractivity contribution is -0.141. The average molecular weight is 271 g/mol. The van der Waals surface area contributed by atoms with Crippen molar-refractivity contribution >= 4 is 12.0 Å². The third kappa shape index (κ3) is 3.83. The van der Waals surface area contributed by atoms with Crippen molar-refractivity contribution in [3.63, 3.8) is 0 Å². The Morgan fingerprint density at radius 2 is 1.95 bits per heavy atom. The van der Waals surface area contributed by atoms with Gasteiger partial charge in [0, 0.05) is 38.8 Å². The molecule has 0 aromatic heterocycles. The maximum absolute atomic E-state index is 12.3. The topological polar surface area (TPSA) is 64.1 Å². The summed E-state index contributed by atoms with van der Waals surface area (Å²) in [4.78, 5) is 28.6. The van der Waals surface area contributed by atoms with E-state index in [0.717, 1.165) is 6.54 Å². The van der Waals surface area contributed by atoms with Crippen molar-refractivity contribution in [1.29, 1.82) is 0 Å². The second-order valence-electron chi connectivity index (χ2n) is 6.06. The molecule has 110 valence electrons. The van der Waals surface area contributed by atoms with Crippen LogP contribution in [0.5, 0.6) is 0 Å². The van der Waals surface area contributed by atoms with Gasteiger partial charge in [0.25, 0.3) is 0 Å². The van der Waals surface area contributed by atoms with E-state index < -0.39 is 11.9 Å². The lowest BCUT2D eigenvalue weighted by Gasteiger charge is -2.46. The summed E-state index contributed by atoms with van der Waals surface area (Å²) in [5, 5.41) is 8.88. The molecular weight excluding hydrogens is 246 g/mol. The van der Waals surface area contributed by atoms with Gasteiger partial charge in [-0.3, -0.25) is 9.69 Å². The number of carbonyl (C=O) groups excluding carboxylic acids is 1. The molecule has 1 unspecified atom stereocenters.